The van der Waals surface area contributed by atoms with Crippen LogP contribution in [0.3, 0.4) is 0 Å². The summed E-state index contributed by atoms with van der Waals surface area (Å²) in [7, 11) is 0. The molecule has 0 heterocycles. The van der Waals surface area contributed by atoms with Gasteiger partial charge in [0, 0.05) is 5.56 Å². The van der Waals surface area contributed by atoms with Crippen molar-refractivity contribution in [3.8, 4) is 22.6 Å². The van der Waals surface area contributed by atoms with Crippen molar-refractivity contribution in [2.75, 3.05) is 5.73 Å². The highest BCUT2D eigenvalue weighted by molar-refractivity contribution is 5.81. The summed E-state index contributed by atoms with van der Waals surface area (Å²) in [6.07, 6.45) is -10.6. The van der Waals surface area contributed by atoms with Gasteiger partial charge in [0.15, 0.2) is 5.75 Å². The molecule has 0 fully saturated rings. The third kappa shape index (κ3) is 3.90. The number of halogens is 6. The fourth-order valence-electron chi connectivity index (χ4n) is 2.76. The van der Waals surface area contributed by atoms with E-state index in [1.54, 1.807) is 36.4 Å². The molecule has 3 rings (SSSR count). The number of nitrogens with two attached hydrogens (primary N) is 1. The van der Waals surface area contributed by atoms with Crippen molar-refractivity contribution in [3.63, 3.8) is 0 Å². The van der Waals surface area contributed by atoms with Crippen LogP contribution in [-0.4, -0.2) is 0 Å². The number of anilines is 1. The molecule has 146 valence electrons. The van der Waals surface area contributed by atoms with Crippen molar-refractivity contribution in [1.82, 2.24) is 0 Å². The smallest absolute Gasteiger partial charge is 0.419 e. The molecule has 28 heavy (non-hydrogen) atoms. The molecule has 3 aromatic rings. The van der Waals surface area contributed by atoms with Gasteiger partial charge in [-0.3, -0.25) is 0 Å². The Morgan fingerprint density at radius 2 is 1.25 bits per heavy atom. The number of hydrogen-bond acceptors (Lipinski definition) is 2. The lowest BCUT2D eigenvalue weighted by Gasteiger charge is -2.23. The summed E-state index contributed by atoms with van der Waals surface area (Å²) < 4.78 is 86.1. The number of nitrogen functional groups attached to an aromatic ring is 1. The first kappa shape index (κ1) is 19.6. The Morgan fingerprint density at radius 1 is 0.714 bits per heavy atom. The quantitative estimate of drug-likeness (QED) is 0.391. The molecule has 2 nitrogen and oxygen atoms in total. The monoisotopic (exact) mass is 397 g/mol. The van der Waals surface area contributed by atoms with Crippen LogP contribution < -0.4 is 10.5 Å². The Kier molecular flexibility index (Phi) is 4.97. The molecule has 0 amide bonds. The maximum atomic E-state index is 13.5. The molecule has 0 saturated carbocycles. The van der Waals surface area contributed by atoms with Crippen LogP contribution in [0.15, 0.2) is 66.7 Å². The molecule has 3 aromatic carbocycles. The van der Waals surface area contributed by atoms with Gasteiger partial charge in [0.1, 0.15) is 5.75 Å². The molecule has 0 radical (unpaired) electrons. The highest BCUT2D eigenvalue weighted by atomic mass is 19.4. The second-order valence-corrected chi connectivity index (χ2v) is 5.87. The average Bonchev–Trinajstić information content (AvgIpc) is 2.62. The average molecular weight is 397 g/mol. The molecular weight excluding hydrogens is 384 g/mol. The molecule has 0 saturated heterocycles. The SMILES string of the molecule is Nc1c(Oc2ccccc2)c(-c2ccccc2)cc(C(F)(F)F)c1C(F)(F)F. The van der Waals surface area contributed by atoms with E-state index in [0.717, 1.165) is 0 Å². The molecule has 0 aliphatic rings. The van der Waals surface area contributed by atoms with Crippen LogP contribution in [0.5, 0.6) is 11.5 Å². The first-order valence-corrected chi connectivity index (χ1v) is 7.98. The molecule has 0 unspecified atom stereocenters. The van der Waals surface area contributed by atoms with E-state index in [4.69, 9.17) is 10.5 Å². The number of hydrogen-bond donors (Lipinski definition) is 1. The zero-order valence-electron chi connectivity index (χ0n) is 14.1. The van der Waals surface area contributed by atoms with Gasteiger partial charge < -0.3 is 10.5 Å². The van der Waals surface area contributed by atoms with Gasteiger partial charge in [-0.25, -0.2) is 0 Å². The Balaban J connectivity index is 2.35. The predicted octanol–water partition coefficient (Wildman–Crippen LogP) is 6.77. The van der Waals surface area contributed by atoms with Gasteiger partial charge in [-0.2, -0.15) is 26.3 Å². The first-order chi connectivity index (χ1) is 13.1. The Hall–Kier alpha value is -3.16. The van der Waals surface area contributed by atoms with Gasteiger partial charge in [-0.15, -0.1) is 0 Å². The minimum absolute atomic E-state index is 0.138. The Morgan fingerprint density at radius 3 is 1.75 bits per heavy atom. The minimum Gasteiger partial charge on any atom is -0.455 e. The third-order valence-electron chi connectivity index (χ3n) is 3.95. The Labute approximate surface area is 156 Å². The molecule has 2 N–H and O–H groups in total. The number of para-hydroxylation sites is 1. The number of benzene rings is 3. The zero-order chi connectivity index (χ0) is 20.5. The van der Waals surface area contributed by atoms with Crippen molar-refractivity contribution in [2.24, 2.45) is 0 Å². The van der Waals surface area contributed by atoms with E-state index < -0.39 is 34.9 Å². The van der Waals surface area contributed by atoms with E-state index in [1.807, 2.05) is 0 Å². The summed E-state index contributed by atoms with van der Waals surface area (Å²) in [5.74, 6) is -0.350. The number of alkyl halides is 6. The summed E-state index contributed by atoms with van der Waals surface area (Å²) in [5.41, 5.74) is 0.700. The molecule has 0 aliphatic carbocycles. The lowest BCUT2D eigenvalue weighted by molar-refractivity contribution is -0.161. The predicted molar refractivity (Wildman–Crippen MR) is 92.8 cm³/mol. The molecule has 0 aliphatic heterocycles. The lowest BCUT2D eigenvalue weighted by atomic mass is 9.95. The highest BCUT2D eigenvalue weighted by Gasteiger charge is 2.46. The molecule has 0 aromatic heterocycles. The summed E-state index contributed by atoms with van der Waals surface area (Å²) >= 11 is 0. The summed E-state index contributed by atoms with van der Waals surface area (Å²) in [6.45, 7) is 0. The number of rotatable bonds is 3. The van der Waals surface area contributed by atoms with Gasteiger partial charge in [0.05, 0.1) is 16.8 Å². The molecule has 0 atom stereocenters. The molecular formula is C20H13F6NO. The summed E-state index contributed by atoms with van der Waals surface area (Å²) in [4.78, 5) is 0. The molecule has 0 spiro atoms. The van der Waals surface area contributed by atoms with E-state index in [9.17, 15) is 26.3 Å². The maximum absolute atomic E-state index is 13.5. The van der Waals surface area contributed by atoms with Crippen LogP contribution in [0.25, 0.3) is 11.1 Å². The van der Waals surface area contributed by atoms with Gasteiger partial charge in [-0.1, -0.05) is 48.5 Å². The molecule has 8 heteroatoms. The summed E-state index contributed by atoms with van der Waals surface area (Å²) in [5, 5.41) is 0. The third-order valence-corrected chi connectivity index (χ3v) is 3.95. The second-order valence-electron chi connectivity index (χ2n) is 5.87. The Bertz CT molecular complexity index is 966. The van der Waals surface area contributed by atoms with Crippen molar-refractivity contribution in [2.45, 2.75) is 12.4 Å². The molecule has 0 bridgehead atoms. The normalized spacial score (nSPS) is 12.1. The fourth-order valence-corrected chi connectivity index (χ4v) is 2.76. The van der Waals surface area contributed by atoms with Crippen LogP contribution in [0, 0.1) is 0 Å². The standard InChI is InChI=1S/C20H13F6NO/c21-19(22,23)15-11-14(12-7-3-1-4-8-12)18(17(27)16(15)20(24,25)26)28-13-9-5-2-6-10-13/h1-11H,27H2. The minimum atomic E-state index is -5.32. The fraction of sp³-hybridized carbons (Fsp3) is 0.100. The van der Waals surface area contributed by atoms with E-state index >= 15 is 0 Å². The van der Waals surface area contributed by atoms with Crippen molar-refractivity contribution >= 4 is 5.69 Å². The second kappa shape index (κ2) is 7.10. The lowest BCUT2D eigenvalue weighted by Crippen LogP contribution is -2.19. The van der Waals surface area contributed by atoms with Gasteiger partial charge in [0.2, 0.25) is 0 Å². The van der Waals surface area contributed by atoms with Crippen molar-refractivity contribution < 1.29 is 31.1 Å². The summed E-state index contributed by atoms with van der Waals surface area (Å²) in [6, 6.07) is 15.8. The van der Waals surface area contributed by atoms with Crippen LogP contribution in [0.1, 0.15) is 11.1 Å². The van der Waals surface area contributed by atoms with Crippen LogP contribution in [0.2, 0.25) is 0 Å². The maximum Gasteiger partial charge on any atom is 0.419 e. The van der Waals surface area contributed by atoms with Crippen LogP contribution in [-0.2, 0) is 12.4 Å². The largest absolute Gasteiger partial charge is 0.455 e. The van der Waals surface area contributed by atoms with Gasteiger partial charge in [0.25, 0.3) is 0 Å². The van der Waals surface area contributed by atoms with Gasteiger partial charge in [-0.05, 0) is 23.8 Å². The number of ether oxygens (including phenoxy) is 1. The van der Waals surface area contributed by atoms with Crippen LogP contribution >= 0.6 is 0 Å². The van der Waals surface area contributed by atoms with E-state index in [-0.39, 0.29) is 16.9 Å². The first-order valence-electron chi connectivity index (χ1n) is 7.98. The van der Waals surface area contributed by atoms with Crippen LogP contribution in [0.4, 0.5) is 32.0 Å². The van der Waals surface area contributed by atoms with Crippen molar-refractivity contribution in [3.05, 3.63) is 77.9 Å². The van der Waals surface area contributed by atoms with E-state index in [0.29, 0.717) is 6.07 Å². The van der Waals surface area contributed by atoms with E-state index in [2.05, 4.69) is 0 Å². The topological polar surface area (TPSA) is 35.2 Å². The zero-order valence-corrected chi connectivity index (χ0v) is 14.1. The van der Waals surface area contributed by atoms with E-state index in [1.165, 1.54) is 24.3 Å². The van der Waals surface area contributed by atoms with Gasteiger partial charge >= 0.3 is 12.4 Å². The van der Waals surface area contributed by atoms with Crippen molar-refractivity contribution in [1.29, 1.82) is 0 Å². The highest BCUT2D eigenvalue weighted by Crippen LogP contribution is 2.50.